The Morgan fingerprint density at radius 2 is 2.07 bits per heavy atom. The number of hydrogen-bond acceptors (Lipinski definition) is 2. The zero-order valence-electron chi connectivity index (χ0n) is 7.58. The zero-order valence-corrected chi connectivity index (χ0v) is 9.98. The van der Waals surface area contributed by atoms with Gasteiger partial charge in [-0.1, -0.05) is 15.9 Å². The standard InChI is InChI=1S/C9H11BrFNO.ClH/c1-5(13)9(12)7-4-6(10)2-3-8(7)11;/h2-5,9,13H,12H2,1H3;1H/t5-,9-;/m0./s1. The Morgan fingerprint density at radius 3 is 2.57 bits per heavy atom. The first kappa shape index (κ1) is 13.8. The molecule has 0 spiro atoms. The molecule has 0 aliphatic rings. The van der Waals surface area contributed by atoms with Crippen molar-refractivity contribution in [2.24, 2.45) is 5.73 Å². The smallest absolute Gasteiger partial charge is 0.128 e. The molecule has 0 saturated heterocycles. The van der Waals surface area contributed by atoms with E-state index in [1.54, 1.807) is 12.1 Å². The van der Waals surface area contributed by atoms with Crippen LogP contribution in [0.15, 0.2) is 22.7 Å². The van der Waals surface area contributed by atoms with Gasteiger partial charge >= 0.3 is 0 Å². The van der Waals surface area contributed by atoms with Gasteiger partial charge in [0, 0.05) is 10.0 Å². The van der Waals surface area contributed by atoms with Crippen molar-refractivity contribution < 1.29 is 9.50 Å². The Hall–Kier alpha value is -0.160. The average molecular weight is 285 g/mol. The molecule has 3 N–H and O–H groups in total. The predicted molar refractivity (Wildman–Crippen MR) is 60.0 cm³/mol. The molecule has 0 saturated carbocycles. The molecule has 14 heavy (non-hydrogen) atoms. The number of halogens is 3. The fraction of sp³-hybridized carbons (Fsp3) is 0.333. The third-order valence-electron chi connectivity index (χ3n) is 1.84. The summed E-state index contributed by atoms with van der Waals surface area (Å²) in [6.07, 6.45) is -0.760. The van der Waals surface area contributed by atoms with Gasteiger partial charge in [0.15, 0.2) is 0 Å². The van der Waals surface area contributed by atoms with Crippen LogP contribution in [0.5, 0.6) is 0 Å². The van der Waals surface area contributed by atoms with Crippen LogP contribution in [-0.4, -0.2) is 11.2 Å². The van der Waals surface area contributed by atoms with E-state index >= 15 is 0 Å². The third kappa shape index (κ3) is 3.20. The second kappa shape index (κ2) is 5.66. The van der Waals surface area contributed by atoms with Crippen molar-refractivity contribution in [2.75, 3.05) is 0 Å². The van der Waals surface area contributed by atoms with Crippen LogP contribution in [-0.2, 0) is 0 Å². The predicted octanol–water partition coefficient (Wildman–Crippen LogP) is 2.39. The first-order valence-corrected chi connectivity index (χ1v) is 4.70. The van der Waals surface area contributed by atoms with Gasteiger partial charge in [-0.25, -0.2) is 4.39 Å². The van der Waals surface area contributed by atoms with Gasteiger partial charge in [-0.3, -0.25) is 0 Å². The first-order valence-electron chi connectivity index (χ1n) is 3.91. The van der Waals surface area contributed by atoms with Gasteiger partial charge in [0.1, 0.15) is 5.82 Å². The quantitative estimate of drug-likeness (QED) is 0.876. The summed E-state index contributed by atoms with van der Waals surface area (Å²) in [4.78, 5) is 0. The van der Waals surface area contributed by atoms with Crippen LogP contribution in [0.25, 0.3) is 0 Å². The summed E-state index contributed by atoms with van der Waals surface area (Å²) >= 11 is 3.21. The number of nitrogens with two attached hydrogens (primary N) is 1. The molecular weight excluding hydrogens is 272 g/mol. The summed E-state index contributed by atoms with van der Waals surface area (Å²) in [6, 6.07) is 3.81. The van der Waals surface area contributed by atoms with Crippen molar-refractivity contribution in [3.63, 3.8) is 0 Å². The van der Waals surface area contributed by atoms with Crippen LogP contribution < -0.4 is 5.73 Å². The molecule has 1 aromatic carbocycles. The molecule has 5 heteroatoms. The van der Waals surface area contributed by atoms with Crippen molar-refractivity contribution in [2.45, 2.75) is 19.1 Å². The van der Waals surface area contributed by atoms with Gasteiger partial charge in [0.25, 0.3) is 0 Å². The van der Waals surface area contributed by atoms with Crippen LogP contribution in [0.3, 0.4) is 0 Å². The number of aliphatic hydroxyl groups is 1. The maximum absolute atomic E-state index is 13.2. The molecule has 0 amide bonds. The van der Waals surface area contributed by atoms with E-state index < -0.39 is 18.0 Å². The van der Waals surface area contributed by atoms with Crippen LogP contribution in [0.1, 0.15) is 18.5 Å². The molecule has 0 aliphatic carbocycles. The van der Waals surface area contributed by atoms with Crippen molar-refractivity contribution in [1.82, 2.24) is 0 Å². The number of benzene rings is 1. The van der Waals surface area contributed by atoms with Crippen LogP contribution in [0.2, 0.25) is 0 Å². The third-order valence-corrected chi connectivity index (χ3v) is 2.33. The fourth-order valence-electron chi connectivity index (χ4n) is 1.03. The van der Waals surface area contributed by atoms with Crippen molar-refractivity contribution >= 4 is 28.3 Å². The highest BCUT2D eigenvalue weighted by Crippen LogP contribution is 2.22. The Bertz CT molecular complexity index is 309. The van der Waals surface area contributed by atoms with Crippen LogP contribution in [0.4, 0.5) is 4.39 Å². The van der Waals surface area contributed by atoms with Gasteiger partial charge in [-0.2, -0.15) is 0 Å². The van der Waals surface area contributed by atoms with E-state index in [1.807, 2.05) is 0 Å². The van der Waals surface area contributed by atoms with Gasteiger partial charge in [0.2, 0.25) is 0 Å². The summed E-state index contributed by atoms with van der Waals surface area (Å²) in [7, 11) is 0. The van der Waals surface area contributed by atoms with E-state index in [4.69, 9.17) is 5.73 Å². The monoisotopic (exact) mass is 283 g/mol. The normalized spacial score (nSPS) is 14.4. The molecule has 2 nitrogen and oxygen atoms in total. The molecule has 0 bridgehead atoms. The summed E-state index contributed by atoms with van der Waals surface area (Å²) in [5.41, 5.74) is 5.92. The average Bonchev–Trinajstić information content (AvgIpc) is 2.08. The van der Waals surface area contributed by atoms with Crippen molar-refractivity contribution in [1.29, 1.82) is 0 Å². The van der Waals surface area contributed by atoms with E-state index in [0.29, 0.717) is 5.56 Å². The first-order chi connectivity index (χ1) is 6.02. The van der Waals surface area contributed by atoms with Crippen LogP contribution >= 0.6 is 28.3 Å². The number of hydrogen-bond donors (Lipinski definition) is 2. The molecule has 0 unspecified atom stereocenters. The zero-order chi connectivity index (χ0) is 10.0. The van der Waals surface area contributed by atoms with E-state index in [2.05, 4.69) is 15.9 Å². The summed E-state index contributed by atoms with van der Waals surface area (Å²) < 4.78 is 13.9. The number of aliphatic hydroxyl groups excluding tert-OH is 1. The minimum Gasteiger partial charge on any atom is -0.391 e. The van der Waals surface area contributed by atoms with E-state index in [0.717, 1.165) is 4.47 Å². The molecule has 0 radical (unpaired) electrons. The Morgan fingerprint density at radius 1 is 1.50 bits per heavy atom. The number of rotatable bonds is 2. The largest absolute Gasteiger partial charge is 0.391 e. The topological polar surface area (TPSA) is 46.2 Å². The molecule has 0 aliphatic heterocycles. The highest BCUT2D eigenvalue weighted by atomic mass is 79.9. The van der Waals surface area contributed by atoms with Crippen LogP contribution in [0, 0.1) is 5.82 Å². The highest BCUT2D eigenvalue weighted by Gasteiger charge is 2.16. The maximum atomic E-state index is 13.2. The molecule has 80 valence electrons. The second-order valence-electron chi connectivity index (χ2n) is 2.93. The van der Waals surface area contributed by atoms with Gasteiger partial charge in [-0.05, 0) is 25.1 Å². The van der Waals surface area contributed by atoms with E-state index in [-0.39, 0.29) is 12.4 Å². The SMILES string of the molecule is C[C@H](O)[C@H](N)c1cc(Br)ccc1F.Cl. The highest BCUT2D eigenvalue weighted by molar-refractivity contribution is 9.10. The summed E-state index contributed by atoms with van der Waals surface area (Å²) in [5.74, 6) is -0.392. The lowest BCUT2D eigenvalue weighted by Gasteiger charge is -2.15. The van der Waals surface area contributed by atoms with E-state index in [9.17, 15) is 9.50 Å². The van der Waals surface area contributed by atoms with Gasteiger partial charge in [-0.15, -0.1) is 12.4 Å². The Labute approximate surface area is 96.8 Å². The summed E-state index contributed by atoms with van der Waals surface area (Å²) in [5, 5.41) is 9.18. The molecule has 2 atom stereocenters. The molecular formula is C9H12BrClFNO. The van der Waals surface area contributed by atoms with Gasteiger partial charge < -0.3 is 10.8 Å². The van der Waals surface area contributed by atoms with E-state index in [1.165, 1.54) is 13.0 Å². The van der Waals surface area contributed by atoms with Crippen molar-refractivity contribution in [3.05, 3.63) is 34.1 Å². The lowest BCUT2D eigenvalue weighted by molar-refractivity contribution is 0.162. The fourth-order valence-corrected chi connectivity index (χ4v) is 1.41. The minimum absolute atomic E-state index is 0. The second-order valence-corrected chi connectivity index (χ2v) is 3.85. The Kier molecular flexibility index (Phi) is 5.59. The molecule has 1 aromatic rings. The maximum Gasteiger partial charge on any atom is 0.128 e. The lowest BCUT2D eigenvalue weighted by atomic mass is 10.0. The minimum atomic E-state index is -0.760. The Balaban J connectivity index is 0.00000169. The molecule has 0 aromatic heterocycles. The molecule has 0 fully saturated rings. The molecule has 1 rings (SSSR count). The summed E-state index contributed by atoms with van der Waals surface area (Å²) in [6.45, 7) is 1.53. The molecule has 0 heterocycles. The van der Waals surface area contributed by atoms with Gasteiger partial charge in [0.05, 0.1) is 12.1 Å². The van der Waals surface area contributed by atoms with Crippen molar-refractivity contribution in [3.8, 4) is 0 Å². The lowest BCUT2D eigenvalue weighted by Crippen LogP contribution is -2.24.